The molecule has 104 valence electrons. The molecule has 0 atom stereocenters. The first-order chi connectivity index (χ1) is 9.60. The molecular formula is C14H14ClN3OS. The van der Waals surface area contributed by atoms with Crippen LogP contribution in [0.5, 0.6) is 0 Å². The molecule has 1 aromatic heterocycles. The number of nitrogens with zero attached hydrogens (tertiary/aromatic N) is 3. The fraction of sp³-hybridized carbons (Fsp3) is 0.214. The fourth-order valence-corrected chi connectivity index (χ4v) is 2.20. The van der Waals surface area contributed by atoms with Gasteiger partial charge >= 0.3 is 0 Å². The number of thioether (sulfide) groups is 1. The van der Waals surface area contributed by atoms with Crippen molar-refractivity contribution in [3.05, 3.63) is 53.1 Å². The normalized spacial score (nSPS) is 10.3. The third kappa shape index (κ3) is 3.71. The highest BCUT2D eigenvalue weighted by atomic mass is 35.5. The average Bonchev–Trinajstić information content (AvgIpc) is 2.48. The Balaban J connectivity index is 2.04. The molecule has 1 aromatic carbocycles. The van der Waals surface area contributed by atoms with Crippen LogP contribution in [-0.2, 0) is 6.54 Å². The van der Waals surface area contributed by atoms with Crippen molar-refractivity contribution in [3.8, 4) is 0 Å². The van der Waals surface area contributed by atoms with Crippen LogP contribution >= 0.6 is 23.4 Å². The number of aromatic nitrogens is 2. The molecule has 0 saturated heterocycles. The third-order valence-corrected chi connectivity index (χ3v) is 3.70. The predicted octanol–water partition coefficient (Wildman–Crippen LogP) is 3.12. The molecule has 0 spiro atoms. The monoisotopic (exact) mass is 307 g/mol. The Bertz CT molecular complexity index is 586. The largest absolute Gasteiger partial charge is 0.336 e. The van der Waals surface area contributed by atoms with Gasteiger partial charge in [0.2, 0.25) is 0 Å². The van der Waals surface area contributed by atoms with Crippen LogP contribution in [0.2, 0.25) is 5.15 Å². The van der Waals surface area contributed by atoms with Gasteiger partial charge in [-0.25, -0.2) is 9.97 Å². The Morgan fingerprint density at radius 3 is 2.50 bits per heavy atom. The first-order valence-corrected chi connectivity index (χ1v) is 7.56. The molecule has 6 heteroatoms. The quantitative estimate of drug-likeness (QED) is 0.814. The summed E-state index contributed by atoms with van der Waals surface area (Å²) < 4.78 is 0. The fourth-order valence-electron chi connectivity index (χ4n) is 1.69. The van der Waals surface area contributed by atoms with E-state index in [1.54, 1.807) is 23.7 Å². The molecule has 0 radical (unpaired) electrons. The van der Waals surface area contributed by atoms with Crippen LogP contribution in [0.4, 0.5) is 0 Å². The lowest BCUT2D eigenvalue weighted by Gasteiger charge is -2.16. The Morgan fingerprint density at radius 1 is 1.25 bits per heavy atom. The molecule has 2 rings (SSSR count). The second kappa shape index (κ2) is 6.72. The van der Waals surface area contributed by atoms with Gasteiger partial charge in [-0.15, -0.1) is 11.8 Å². The Kier molecular flexibility index (Phi) is 4.98. The lowest BCUT2D eigenvalue weighted by atomic mass is 10.2. The summed E-state index contributed by atoms with van der Waals surface area (Å²) in [5.74, 6) is -0.178. The van der Waals surface area contributed by atoms with Gasteiger partial charge in [0.05, 0.1) is 12.4 Å². The smallest absolute Gasteiger partial charge is 0.274 e. The number of hydrogen-bond donors (Lipinski definition) is 0. The van der Waals surface area contributed by atoms with Crippen LogP contribution in [0.15, 0.2) is 41.6 Å². The highest BCUT2D eigenvalue weighted by Gasteiger charge is 2.13. The Hall–Kier alpha value is -1.59. The van der Waals surface area contributed by atoms with E-state index in [2.05, 4.69) is 9.97 Å². The summed E-state index contributed by atoms with van der Waals surface area (Å²) in [4.78, 5) is 22.8. The van der Waals surface area contributed by atoms with Crippen molar-refractivity contribution in [1.82, 2.24) is 14.9 Å². The summed E-state index contributed by atoms with van der Waals surface area (Å²) in [5, 5.41) is 0.275. The van der Waals surface area contributed by atoms with Crippen LogP contribution in [0.1, 0.15) is 16.1 Å². The van der Waals surface area contributed by atoms with Gasteiger partial charge in [-0.2, -0.15) is 0 Å². The summed E-state index contributed by atoms with van der Waals surface area (Å²) in [6.07, 6.45) is 4.79. The molecule has 0 fully saturated rings. The number of amides is 1. The van der Waals surface area contributed by atoms with E-state index >= 15 is 0 Å². The molecule has 0 saturated carbocycles. The van der Waals surface area contributed by atoms with Gasteiger partial charge in [0.1, 0.15) is 10.8 Å². The van der Waals surface area contributed by atoms with Crippen LogP contribution in [0.25, 0.3) is 0 Å². The van der Waals surface area contributed by atoms with E-state index in [0.29, 0.717) is 6.54 Å². The topological polar surface area (TPSA) is 46.1 Å². The average molecular weight is 308 g/mol. The maximum atomic E-state index is 12.2. The number of hydrogen-bond acceptors (Lipinski definition) is 4. The van der Waals surface area contributed by atoms with Gasteiger partial charge in [0.15, 0.2) is 0 Å². The van der Waals surface area contributed by atoms with Crippen molar-refractivity contribution in [1.29, 1.82) is 0 Å². The minimum Gasteiger partial charge on any atom is -0.336 e. The van der Waals surface area contributed by atoms with Crippen LogP contribution in [0, 0.1) is 0 Å². The molecule has 0 aliphatic carbocycles. The van der Waals surface area contributed by atoms with Gasteiger partial charge in [-0.05, 0) is 24.0 Å². The predicted molar refractivity (Wildman–Crippen MR) is 81.1 cm³/mol. The highest BCUT2D eigenvalue weighted by Crippen LogP contribution is 2.16. The van der Waals surface area contributed by atoms with Crippen LogP contribution < -0.4 is 0 Å². The zero-order chi connectivity index (χ0) is 14.5. The maximum Gasteiger partial charge on any atom is 0.274 e. The van der Waals surface area contributed by atoms with Crippen molar-refractivity contribution >= 4 is 29.3 Å². The zero-order valence-electron chi connectivity index (χ0n) is 11.2. The van der Waals surface area contributed by atoms with E-state index in [0.717, 1.165) is 5.56 Å². The van der Waals surface area contributed by atoms with Gasteiger partial charge in [-0.3, -0.25) is 4.79 Å². The van der Waals surface area contributed by atoms with Crippen molar-refractivity contribution in [2.45, 2.75) is 11.4 Å². The SMILES string of the molecule is CSc1ccc(CN(C)C(=O)c2cnc(Cl)cn2)cc1. The van der Waals surface area contributed by atoms with E-state index < -0.39 is 0 Å². The standard InChI is InChI=1S/C14H14ClN3OS/c1-18(9-10-3-5-11(20-2)6-4-10)14(19)12-7-17-13(15)8-16-12/h3-8H,9H2,1-2H3. The number of benzene rings is 1. The van der Waals surface area contributed by atoms with Gasteiger partial charge in [-0.1, -0.05) is 23.7 Å². The molecule has 2 aromatic rings. The second-order valence-corrected chi connectivity index (χ2v) is 5.50. The van der Waals surface area contributed by atoms with E-state index in [-0.39, 0.29) is 16.8 Å². The summed E-state index contributed by atoms with van der Waals surface area (Å²) in [6, 6.07) is 8.12. The molecule has 4 nitrogen and oxygen atoms in total. The van der Waals surface area contributed by atoms with Crippen molar-refractivity contribution < 1.29 is 4.79 Å². The molecule has 0 aliphatic rings. The molecule has 0 N–H and O–H groups in total. The third-order valence-electron chi connectivity index (χ3n) is 2.76. The lowest BCUT2D eigenvalue weighted by molar-refractivity contribution is 0.0779. The number of carbonyl (C=O) groups is 1. The van der Waals surface area contributed by atoms with Crippen molar-refractivity contribution in [2.75, 3.05) is 13.3 Å². The Morgan fingerprint density at radius 2 is 1.95 bits per heavy atom. The summed E-state index contributed by atoms with van der Waals surface area (Å²) in [7, 11) is 1.74. The summed E-state index contributed by atoms with van der Waals surface area (Å²) in [5.41, 5.74) is 1.36. The minimum atomic E-state index is -0.178. The zero-order valence-corrected chi connectivity index (χ0v) is 12.8. The Labute approximate surface area is 127 Å². The molecule has 1 amide bonds. The van der Waals surface area contributed by atoms with Gasteiger partial charge < -0.3 is 4.90 Å². The number of rotatable bonds is 4. The van der Waals surface area contributed by atoms with E-state index in [4.69, 9.17) is 11.6 Å². The molecule has 0 bridgehead atoms. The van der Waals surface area contributed by atoms with Crippen molar-refractivity contribution in [2.24, 2.45) is 0 Å². The molecule has 1 heterocycles. The van der Waals surface area contributed by atoms with Gasteiger partial charge in [0.25, 0.3) is 5.91 Å². The van der Waals surface area contributed by atoms with Crippen LogP contribution in [0.3, 0.4) is 0 Å². The van der Waals surface area contributed by atoms with E-state index in [1.807, 2.05) is 30.5 Å². The summed E-state index contributed by atoms with van der Waals surface area (Å²) in [6.45, 7) is 0.526. The summed E-state index contributed by atoms with van der Waals surface area (Å²) >= 11 is 7.34. The lowest BCUT2D eigenvalue weighted by Crippen LogP contribution is -2.27. The molecule has 0 unspecified atom stereocenters. The molecule has 0 aliphatic heterocycles. The van der Waals surface area contributed by atoms with E-state index in [1.165, 1.54) is 17.3 Å². The molecular weight excluding hydrogens is 294 g/mol. The maximum absolute atomic E-state index is 12.2. The highest BCUT2D eigenvalue weighted by molar-refractivity contribution is 7.98. The minimum absolute atomic E-state index is 0.178. The van der Waals surface area contributed by atoms with Gasteiger partial charge in [0, 0.05) is 18.5 Å². The van der Waals surface area contributed by atoms with Crippen LogP contribution in [-0.4, -0.2) is 34.1 Å². The van der Waals surface area contributed by atoms with Crippen molar-refractivity contribution in [3.63, 3.8) is 0 Å². The second-order valence-electron chi connectivity index (χ2n) is 4.23. The van der Waals surface area contributed by atoms with E-state index in [9.17, 15) is 4.79 Å². The first kappa shape index (κ1) is 14.8. The molecule has 20 heavy (non-hydrogen) atoms. The number of halogens is 1. The number of carbonyl (C=O) groups excluding carboxylic acids is 1. The first-order valence-electron chi connectivity index (χ1n) is 5.96.